The molecule has 168 valence electrons. The molecule has 0 saturated heterocycles. The van der Waals surface area contributed by atoms with Crippen molar-refractivity contribution in [2.75, 3.05) is 6.61 Å². The summed E-state index contributed by atoms with van der Waals surface area (Å²) in [5, 5.41) is -0.391. The molecule has 1 heterocycles. The third kappa shape index (κ3) is 6.24. The van der Waals surface area contributed by atoms with Crippen LogP contribution >= 0.6 is 23.2 Å². The topological polar surface area (TPSA) is 57.7 Å². The number of rotatable bonds is 6. The Morgan fingerprint density at radius 3 is 2.34 bits per heavy atom. The largest absolute Gasteiger partial charge is 0.467 e. The van der Waals surface area contributed by atoms with Crippen LogP contribution < -0.4 is 14.2 Å². The Morgan fingerprint density at radius 1 is 1.03 bits per heavy atom. The van der Waals surface area contributed by atoms with E-state index in [2.05, 4.69) is 9.72 Å². The van der Waals surface area contributed by atoms with Crippen molar-refractivity contribution in [2.24, 2.45) is 0 Å². The van der Waals surface area contributed by atoms with Crippen LogP contribution in [0, 0.1) is 12.7 Å². The van der Waals surface area contributed by atoms with Gasteiger partial charge >= 0.3 is 12.1 Å². The van der Waals surface area contributed by atoms with Crippen molar-refractivity contribution in [1.29, 1.82) is 0 Å². The lowest BCUT2D eigenvalue weighted by atomic mass is 10.2. The first kappa shape index (κ1) is 23.6. The fourth-order valence-electron chi connectivity index (χ4n) is 2.38. The minimum absolute atomic E-state index is 0.0503. The van der Waals surface area contributed by atoms with Crippen molar-refractivity contribution in [2.45, 2.75) is 13.1 Å². The molecule has 2 aromatic carbocycles. The van der Waals surface area contributed by atoms with Gasteiger partial charge in [-0.15, -0.1) is 0 Å². The molecule has 0 unspecified atom stereocenters. The van der Waals surface area contributed by atoms with Gasteiger partial charge in [-0.2, -0.15) is 13.2 Å². The zero-order chi connectivity index (χ0) is 23.5. The van der Waals surface area contributed by atoms with E-state index < -0.39 is 36.0 Å². The molecule has 0 amide bonds. The summed E-state index contributed by atoms with van der Waals surface area (Å²) in [6.07, 6.45) is -3.54. The van der Waals surface area contributed by atoms with Crippen molar-refractivity contribution < 1.29 is 36.6 Å². The fourth-order valence-corrected chi connectivity index (χ4v) is 2.79. The number of alkyl halides is 3. The highest BCUT2D eigenvalue weighted by atomic mass is 35.5. The number of carbonyl (C=O) groups is 1. The summed E-state index contributed by atoms with van der Waals surface area (Å²) in [7, 11) is 0. The van der Waals surface area contributed by atoms with Crippen LogP contribution in [-0.2, 0) is 0 Å². The van der Waals surface area contributed by atoms with E-state index in [1.165, 1.54) is 0 Å². The van der Waals surface area contributed by atoms with E-state index in [4.69, 9.17) is 32.7 Å². The minimum atomic E-state index is -4.56. The molecule has 3 aromatic rings. The molecule has 0 spiro atoms. The van der Waals surface area contributed by atoms with Gasteiger partial charge < -0.3 is 14.2 Å². The van der Waals surface area contributed by atoms with Crippen LogP contribution in [0.25, 0.3) is 0 Å². The Morgan fingerprint density at radius 2 is 1.72 bits per heavy atom. The minimum Gasteiger partial charge on any atom is -0.467 e. The molecule has 0 aliphatic heterocycles. The van der Waals surface area contributed by atoms with Crippen LogP contribution in [0.5, 0.6) is 23.1 Å². The highest BCUT2D eigenvalue weighted by Crippen LogP contribution is 2.35. The van der Waals surface area contributed by atoms with Gasteiger partial charge in [0, 0.05) is 12.1 Å². The van der Waals surface area contributed by atoms with Gasteiger partial charge in [0.25, 0.3) is 0 Å². The molecule has 0 aliphatic rings. The predicted molar refractivity (Wildman–Crippen MR) is 108 cm³/mol. The summed E-state index contributed by atoms with van der Waals surface area (Å²) in [6, 6.07) is 9.57. The lowest BCUT2D eigenvalue weighted by Gasteiger charge is -2.12. The van der Waals surface area contributed by atoms with E-state index in [9.17, 15) is 22.4 Å². The van der Waals surface area contributed by atoms with Crippen molar-refractivity contribution >= 4 is 29.2 Å². The zero-order valence-electron chi connectivity index (χ0n) is 16.2. The lowest BCUT2D eigenvalue weighted by molar-refractivity contribution is -0.154. The smallest absolute Gasteiger partial charge is 0.422 e. The maximum Gasteiger partial charge on any atom is 0.422 e. The highest BCUT2D eigenvalue weighted by molar-refractivity contribution is 6.32. The Kier molecular flexibility index (Phi) is 7.10. The van der Waals surface area contributed by atoms with E-state index >= 15 is 0 Å². The van der Waals surface area contributed by atoms with Gasteiger partial charge in [-0.05, 0) is 25.1 Å². The third-order valence-electron chi connectivity index (χ3n) is 3.86. The molecule has 5 nitrogen and oxygen atoms in total. The number of aryl methyl sites for hydroxylation is 1. The molecule has 0 aliphatic carbocycles. The first-order chi connectivity index (χ1) is 15.0. The second kappa shape index (κ2) is 9.62. The molecule has 32 heavy (non-hydrogen) atoms. The first-order valence-corrected chi connectivity index (χ1v) is 9.58. The second-order valence-electron chi connectivity index (χ2n) is 6.43. The number of hydrogen-bond donors (Lipinski definition) is 0. The average molecular weight is 490 g/mol. The van der Waals surface area contributed by atoms with Crippen molar-refractivity contribution in [3.8, 4) is 23.1 Å². The van der Waals surface area contributed by atoms with Crippen LogP contribution in [0.15, 0.2) is 48.7 Å². The SMILES string of the molecule is Cc1ccc(OC(=O)c2cc(Cl)c(Oc3cnc(OCC(F)(F)F)c(Cl)c3)cc2F)cc1. The van der Waals surface area contributed by atoms with Gasteiger partial charge in [0.05, 0.1) is 16.8 Å². The van der Waals surface area contributed by atoms with E-state index in [1.807, 2.05) is 6.92 Å². The third-order valence-corrected chi connectivity index (χ3v) is 4.42. The van der Waals surface area contributed by atoms with Crippen LogP contribution in [0.4, 0.5) is 17.6 Å². The highest BCUT2D eigenvalue weighted by Gasteiger charge is 2.29. The molecule has 0 saturated carbocycles. The predicted octanol–water partition coefficient (Wildman–Crippen LogP) is 6.79. The number of esters is 1. The molecule has 0 fully saturated rings. The fraction of sp³-hybridized carbons (Fsp3) is 0.143. The number of aromatic nitrogens is 1. The maximum absolute atomic E-state index is 14.5. The van der Waals surface area contributed by atoms with Gasteiger partial charge in [-0.3, -0.25) is 0 Å². The summed E-state index contributed by atoms with van der Waals surface area (Å²) in [6.45, 7) is 0.284. The number of carbonyl (C=O) groups excluding carboxylic acids is 1. The van der Waals surface area contributed by atoms with Crippen molar-refractivity contribution in [1.82, 2.24) is 4.98 Å². The number of benzene rings is 2. The Balaban J connectivity index is 1.74. The second-order valence-corrected chi connectivity index (χ2v) is 7.24. The average Bonchev–Trinajstić information content (AvgIpc) is 2.71. The molecule has 1 aromatic heterocycles. The summed E-state index contributed by atoms with van der Waals surface area (Å²) >= 11 is 11.9. The van der Waals surface area contributed by atoms with Gasteiger partial charge in [0.1, 0.15) is 28.1 Å². The van der Waals surface area contributed by atoms with E-state index in [0.717, 1.165) is 30.0 Å². The molecule has 11 heteroatoms. The van der Waals surface area contributed by atoms with Crippen molar-refractivity contribution in [3.63, 3.8) is 0 Å². The Bertz CT molecular complexity index is 1140. The summed E-state index contributed by atoms with van der Waals surface area (Å²) in [5.41, 5.74) is 0.532. The van der Waals surface area contributed by atoms with E-state index in [0.29, 0.717) is 0 Å². The van der Waals surface area contributed by atoms with Crippen molar-refractivity contribution in [3.05, 3.63) is 75.7 Å². The summed E-state index contributed by atoms with van der Waals surface area (Å²) < 4.78 is 66.2. The summed E-state index contributed by atoms with van der Waals surface area (Å²) in [4.78, 5) is 15.9. The van der Waals surface area contributed by atoms with Crippen LogP contribution in [0.2, 0.25) is 10.0 Å². The van der Waals surface area contributed by atoms with Gasteiger partial charge in [0.15, 0.2) is 6.61 Å². The monoisotopic (exact) mass is 489 g/mol. The van der Waals surface area contributed by atoms with Crippen LogP contribution in [-0.4, -0.2) is 23.7 Å². The van der Waals surface area contributed by atoms with E-state index in [-0.39, 0.29) is 27.3 Å². The van der Waals surface area contributed by atoms with E-state index in [1.54, 1.807) is 24.3 Å². The number of ether oxygens (including phenoxy) is 3. The van der Waals surface area contributed by atoms with Gasteiger partial charge in [-0.25, -0.2) is 14.2 Å². The summed E-state index contributed by atoms with van der Waals surface area (Å²) in [5.74, 6) is -2.39. The Labute approximate surface area is 189 Å². The number of halogens is 6. The maximum atomic E-state index is 14.5. The van der Waals surface area contributed by atoms with Gasteiger partial charge in [0.2, 0.25) is 5.88 Å². The molecule has 0 radical (unpaired) electrons. The van der Waals surface area contributed by atoms with Gasteiger partial charge in [-0.1, -0.05) is 40.9 Å². The molecule has 0 atom stereocenters. The van der Waals surface area contributed by atoms with Crippen LogP contribution in [0.3, 0.4) is 0 Å². The number of nitrogens with zero attached hydrogens (tertiary/aromatic N) is 1. The lowest BCUT2D eigenvalue weighted by Crippen LogP contribution is -2.19. The normalized spacial score (nSPS) is 11.2. The quantitative estimate of drug-likeness (QED) is 0.217. The molecule has 3 rings (SSSR count). The first-order valence-electron chi connectivity index (χ1n) is 8.82. The molecular weight excluding hydrogens is 477 g/mol. The molecule has 0 N–H and O–H groups in total. The zero-order valence-corrected chi connectivity index (χ0v) is 17.7. The standard InChI is InChI=1S/C21H13Cl2F4NO4/c1-11-2-4-12(5-3-11)32-20(29)14-7-15(22)18(8-17(14)24)31-13-6-16(23)19(28-9-13)30-10-21(25,26)27/h2-9H,10H2,1H3. The number of hydrogen-bond acceptors (Lipinski definition) is 5. The van der Waals surface area contributed by atoms with Crippen LogP contribution in [0.1, 0.15) is 15.9 Å². The molecular formula is C21H13Cl2F4NO4. The number of pyridine rings is 1. The molecule has 0 bridgehead atoms. The Hall–Kier alpha value is -3.04.